The number of carboxylic acids is 1. The zero-order valence-corrected chi connectivity index (χ0v) is 13.6. The van der Waals surface area contributed by atoms with Gasteiger partial charge >= 0.3 is 5.97 Å². The molecule has 0 amide bonds. The van der Waals surface area contributed by atoms with E-state index in [1.165, 1.54) is 0 Å². The molecule has 122 valence electrons. The van der Waals surface area contributed by atoms with Crippen molar-refractivity contribution in [3.05, 3.63) is 47.0 Å². The molecule has 0 bridgehead atoms. The predicted octanol–water partition coefficient (Wildman–Crippen LogP) is 2.20. The molecule has 1 fully saturated rings. The Bertz CT molecular complexity index is 710. The Labute approximate surface area is 135 Å². The second-order valence-electron chi connectivity index (χ2n) is 6.20. The van der Waals surface area contributed by atoms with Gasteiger partial charge in [0, 0.05) is 13.6 Å². The largest absolute Gasteiger partial charge is 0.478 e. The summed E-state index contributed by atoms with van der Waals surface area (Å²) in [6.45, 7) is 4.66. The third-order valence-electron chi connectivity index (χ3n) is 4.43. The summed E-state index contributed by atoms with van der Waals surface area (Å²) in [5, 5.41) is 13.5. The third kappa shape index (κ3) is 3.59. The van der Waals surface area contributed by atoms with Crippen LogP contribution in [0.5, 0.6) is 0 Å². The molecule has 0 unspecified atom stereocenters. The van der Waals surface area contributed by atoms with Gasteiger partial charge in [-0.2, -0.15) is 5.10 Å². The normalized spacial score (nSPS) is 19.0. The van der Waals surface area contributed by atoms with E-state index in [4.69, 9.17) is 5.11 Å². The fraction of sp³-hybridized carbons (Fsp3) is 0.471. The first-order valence-electron chi connectivity index (χ1n) is 7.95. The number of nitrogens with zero attached hydrogens (tertiary/aromatic N) is 4. The number of rotatable bonds is 4. The molecule has 1 atom stereocenters. The highest BCUT2D eigenvalue weighted by molar-refractivity contribution is 5.87. The van der Waals surface area contributed by atoms with Crippen molar-refractivity contribution in [1.29, 1.82) is 0 Å². The van der Waals surface area contributed by atoms with E-state index in [0.717, 1.165) is 49.7 Å². The lowest BCUT2D eigenvalue weighted by Crippen LogP contribution is -2.34. The van der Waals surface area contributed by atoms with E-state index >= 15 is 0 Å². The molecular weight excluding hydrogens is 292 g/mol. The van der Waals surface area contributed by atoms with E-state index in [2.05, 4.69) is 15.0 Å². The Morgan fingerprint density at radius 2 is 2.26 bits per heavy atom. The van der Waals surface area contributed by atoms with Crippen molar-refractivity contribution in [1.82, 2.24) is 19.7 Å². The first-order chi connectivity index (χ1) is 11.0. The maximum Gasteiger partial charge on any atom is 0.335 e. The lowest BCUT2D eigenvalue weighted by molar-refractivity contribution is 0.0696. The van der Waals surface area contributed by atoms with Crippen LogP contribution in [-0.4, -0.2) is 43.8 Å². The van der Waals surface area contributed by atoms with E-state index in [9.17, 15) is 4.79 Å². The molecule has 3 rings (SSSR count). The molecule has 0 radical (unpaired) electrons. The van der Waals surface area contributed by atoms with Crippen LogP contribution in [0.1, 0.15) is 46.3 Å². The molecule has 6 nitrogen and oxygen atoms in total. The van der Waals surface area contributed by atoms with Crippen LogP contribution in [0.2, 0.25) is 0 Å². The second kappa shape index (κ2) is 6.50. The molecule has 1 aliphatic rings. The van der Waals surface area contributed by atoms with Gasteiger partial charge in [0.1, 0.15) is 11.6 Å². The Morgan fingerprint density at radius 1 is 1.43 bits per heavy atom. The van der Waals surface area contributed by atoms with Crippen molar-refractivity contribution in [3.63, 3.8) is 0 Å². The Hall–Kier alpha value is -2.21. The van der Waals surface area contributed by atoms with Gasteiger partial charge in [-0.3, -0.25) is 9.58 Å². The molecule has 6 heteroatoms. The molecular formula is C17H22N4O2. The molecule has 0 saturated carbocycles. The summed E-state index contributed by atoms with van der Waals surface area (Å²) < 4.78 is 1.84. The number of piperidine rings is 1. The minimum Gasteiger partial charge on any atom is -0.478 e. The van der Waals surface area contributed by atoms with Crippen LogP contribution in [0.4, 0.5) is 0 Å². The Kier molecular flexibility index (Phi) is 4.43. The van der Waals surface area contributed by atoms with Gasteiger partial charge < -0.3 is 5.11 Å². The van der Waals surface area contributed by atoms with E-state index in [1.54, 1.807) is 6.07 Å². The number of likely N-dealkylation sites (tertiary alicyclic amines) is 1. The average Bonchev–Trinajstić information content (AvgIpc) is 2.85. The number of carbonyl (C=O) groups is 1. The highest BCUT2D eigenvalue weighted by Crippen LogP contribution is 2.28. The zero-order valence-electron chi connectivity index (χ0n) is 13.6. The van der Waals surface area contributed by atoms with Crippen LogP contribution in [-0.2, 0) is 13.6 Å². The standard InChI is InChI=1S/C17H22N4O2/c1-12-18-16(20(2)19-12)11-21-8-4-7-15(10-21)13-5-3-6-14(9-13)17(22)23/h3,5-6,9,15H,4,7-8,10-11H2,1-2H3,(H,22,23)/t15-/m1/s1. The van der Waals surface area contributed by atoms with Crippen molar-refractivity contribution in [3.8, 4) is 0 Å². The highest BCUT2D eigenvalue weighted by atomic mass is 16.4. The minimum atomic E-state index is -0.867. The van der Waals surface area contributed by atoms with Crippen LogP contribution < -0.4 is 0 Å². The number of aromatic carboxylic acids is 1. The molecule has 1 aromatic heterocycles. The van der Waals surface area contributed by atoms with Gasteiger partial charge in [0.05, 0.1) is 12.1 Å². The quantitative estimate of drug-likeness (QED) is 0.937. The van der Waals surface area contributed by atoms with Gasteiger partial charge in [-0.1, -0.05) is 12.1 Å². The first-order valence-corrected chi connectivity index (χ1v) is 7.95. The molecule has 23 heavy (non-hydrogen) atoms. The smallest absolute Gasteiger partial charge is 0.335 e. The first kappa shape index (κ1) is 15.7. The molecule has 1 N–H and O–H groups in total. The molecule has 2 heterocycles. The monoisotopic (exact) mass is 314 g/mol. The number of hydrogen-bond acceptors (Lipinski definition) is 4. The second-order valence-corrected chi connectivity index (χ2v) is 6.20. The molecule has 1 aromatic carbocycles. The van der Waals surface area contributed by atoms with E-state index in [0.29, 0.717) is 11.5 Å². The molecule has 1 saturated heterocycles. The Balaban J connectivity index is 1.72. The number of carboxylic acid groups (broad SMARTS) is 1. The summed E-state index contributed by atoms with van der Waals surface area (Å²) in [7, 11) is 1.92. The zero-order chi connectivity index (χ0) is 16.4. The summed E-state index contributed by atoms with van der Waals surface area (Å²) in [5.41, 5.74) is 1.48. The van der Waals surface area contributed by atoms with Crippen molar-refractivity contribution in [2.45, 2.75) is 32.2 Å². The van der Waals surface area contributed by atoms with Crippen molar-refractivity contribution >= 4 is 5.97 Å². The third-order valence-corrected chi connectivity index (χ3v) is 4.43. The highest BCUT2D eigenvalue weighted by Gasteiger charge is 2.23. The SMILES string of the molecule is Cc1nc(CN2CCC[C@@H](c3cccc(C(=O)O)c3)C2)n(C)n1. The topological polar surface area (TPSA) is 71.2 Å². The van der Waals surface area contributed by atoms with Crippen LogP contribution in [0.15, 0.2) is 24.3 Å². The lowest BCUT2D eigenvalue weighted by Gasteiger charge is -2.32. The van der Waals surface area contributed by atoms with Crippen molar-refractivity contribution in [2.24, 2.45) is 7.05 Å². The number of aromatic nitrogens is 3. The maximum atomic E-state index is 11.2. The van der Waals surface area contributed by atoms with Gasteiger partial charge in [0.15, 0.2) is 0 Å². The minimum absolute atomic E-state index is 0.364. The summed E-state index contributed by atoms with van der Waals surface area (Å²) in [6.07, 6.45) is 2.20. The van der Waals surface area contributed by atoms with Gasteiger partial charge in [0.25, 0.3) is 0 Å². The number of benzene rings is 1. The molecule has 2 aromatic rings. The summed E-state index contributed by atoms with van der Waals surface area (Å²) in [6, 6.07) is 7.33. The predicted molar refractivity (Wildman–Crippen MR) is 86.4 cm³/mol. The lowest BCUT2D eigenvalue weighted by atomic mass is 9.89. The molecule has 1 aliphatic heterocycles. The van der Waals surface area contributed by atoms with Crippen molar-refractivity contribution in [2.75, 3.05) is 13.1 Å². The summed E-state index contributed by atoms with van der Waals surface area (Å²) in [4.78, 5) is 18.0. The van der Waals surface area contributed by atoms with E-state index in [1.807, 2.05) is 36.9 Å². The fourth-order valence-corrected chi connectivity index (χ4v) is 3.29. The van der Waals surface area contributed by atoms with Gasteiger partial charge in [-0.05, 0) is 49.9 Å². The number of hydrogen-bond donors (Lipinski definition) is 1. The molecule has 0 aliphatic carbocycles. The van der Waals surface area contributed by atoms with Crippen LogP contribution in [0.3, 0.4) is 0 Å². The van der Waals surface area contributed by atoms with Crippen molar-refractivity contribution < 1.29 is 9.90 Å². The van der Waals surface area contributed by atoms with Crippen LogP contribution >= 0.6 is 0 Å². The van der Waals surface area contributed by atoms with Gasteiger partial charge in [-0.25, -0.2) is 9.78 Å². The van der Waals surface area contributed by atoms with E-state index < -0.39 is 5.97 Å². The average molecular weight is 314 g/mol. The van der Waals surface area contributed by atoms with E-state index in [-0.39, 0.29) is 0 Å². The van der Waals surface area contributed by atoms with Crippen LogP contribution in [0, 0.1) is 6.92 Å². The van der Waals surface area contributed by atoms with Gasteiger partial charge in [-0.15, -0.1) is 0 Å². The van der Waals surface area contributed by atoms with Gasteiger partial charge in [0.2, 0.25) is 0 Å². The summed E-state index contributed by atoms with van der Waals surface area (Å²) in [5.74, 6) is 1.28. The maximum absolute atomic E-state index is 11.2. The van der Waals surface area contributed by atoms with Crippen LogP contribution in [0.25, 0.3) is 0 Å². The fourth-order valence-electron chi connectivity index (χ4n) is 3.29. The Morgan fingerprint density at radius 3 is 2.96 bits per heavy atom. The molecule has 0 spiro atoms. The summed E-state index contributed by atoms with van der Waals surface area (Å²) >= 11 is 0. The number of aryl methyl sites for hydroxylation is 2.